The molecule has 1 spiro atoms. The first kappa shape index (κ1) is 20.9. The number of amides is 3. The van der Waals surface area contributed by atoms with Gasteiger partial charge in [0.15, 0.2) is 0 Å². The summed E-state index contributed by atoms with van der Waals surface area (Å²) in [6, 6.07) is -1.29. The molecule has 2 heterocycles. The second-order valence-corrected chi connectivity index (χ2v) is 9.39. The van der Waals surface area contributed by atoms with Crippen LogP contribution in [0, 0.1) is 0 Å². The molecule has 0 aromatic carbocycles. The topological polar surface area (TPSA) is 99.2 Å². The first-order chi connectivity index (χ1) is 13.0. The molecule has 1 aliphatic carbocycles. The Morgan fingerprint density at radius 3 is 2.39 bits per heavy atom. The molecule has 28 heavy (non-hydrogen) atoms. The molecule has 3 aliphatic rings. The molecule has 1 saturated carbocycles. The molecular formula is C20H33N3O5. The van der Waals surface area contributed by atoms with Crippen molar-refractivity contribution in [3.05, 3.63) is 0 Å². The van der Waals surface area contributed by atoms with Gasteiger partial charge in [0.2, 0.25) is 5.91 Å². The number of hydrogen-bond acceptors (Lipinski definition) is 5. The number of aliphatic hydroxyl groups excluding tert-OH is 1. The molecule has 8 nitrogen and oxygen atoms in total. The van der Waals surface area contributed by atoms with E-state index in [2.05, 4.69) is 5.32 Å². The van der Waals surface area contributed by atoms with Crippen molar-refractivity contribution in [3.63, 3.8) is 0 Å². The summed E-state index contributed by atoms with van der Waals surface area (Å²) in [6.45, 7) is 8.70. The third-order valence-corrected chi connectivity index (χ3v) is 6.38. The van der Waals surface area contributed by atoms with E-state index in [-0.39, 0.29) is 29.9 Å². The van der Waals surface area contributed by atoms with Crippen molar-refractivity contribution in [1.29, 1.82) is 0 Å². The molecule has 0 aromatic heterocycles. The van der Waals surface area contributed by atoms with Gasteiger partial charge >= 0.3 is 6.09 Å². The molecule has 4 atom stereocenters. The Morgan fingerprint density at radius 1 is 1.29 bits per heavy atom. The fourth-order valence-corrected chi connectivity index (χ4v) is 4.65. The van der Waals surface area contributed by atoms with Gasteiger partial charge in [-0.2, -0.15) is 0 Å². The molecule has 0 radical (unpaired) electrons. The van der Waals surface area contributed by atoms with Gasteiger partial charge in [0, 0.05) is 12.1 Å². The monoisotopic (exact) mass is 395 g/mol. The highest BCUT2D eigenvalue weighted by Crippen LogP contribution is 2.48. The molecule has 3 unspecified atom stereocenters. The van der Waals surface area contributed by atoms with Crippen molar-refractivity contribution in [2.75, 3.05) is 6.61 Å². The second kappa shape index (κ2) is 7.21. The predicted octanol–water partition coefficient (Wildman–Crippen LogP) is 1.40. The zero-order valence-corrected chi connectivity index (χ0v) is 17.5. The summed E-state index contributed by atoms with van der Waals surface area (Å²) in [5.41, 5.74) is -1.65. The number of β-lactam (4-membered cyclic amide) rings is 1. The Morgan fingerprint density at radius 2 is 1.93 bits per heavy atom. The van der Waals surface area contributed by atoms with Crippen molar-refractivity contribution in [2.24, 2.45) is 0 Å². The van der Waals surface area contributed by atoms with Crippen LogP contribution in [0.15, 0.2) is 0 Å². The van der Waals surface area contributed by atoms with Gasteiger partial charge in [-0.05, 0) is 66.7 Å². The second-order valence-electron chi connectivity index (χ2n) is 9.39. The van der Waals surface area contributed by atoms with Crippen LogP contribution >= 0.6 is 0 Å². The van der Waals surface area contributed by atoms with Crippen LogP contribution in [0.3, 0.4) is 0 Å². The lowest BCUT2D eigenvalue weighted by Crippen LogP contribution is -2.81. The van der Waals surface area contributed by atoms with Crippen LogP contribution in [0.4, 0.5) is 4.79 Å². The minimum atomic E-state index is -0.994. The largest absolute Gasteiger partial charge is 0.444 e. The fraction of sp³-hybridized carbons (Fsp3) is 0.850. The molecule has 0 aromatic rings. The standard InChI is InChI=1S/C20H33N3O5/c1-12-9-10-20(23(12)18(27)28-19(3,4)5)13(2)22(17(20)26)15(11-24)16(25)21-14-7-6-8-14/h12-15,24H,6-11H2,1-5H3,(H,21,25)/t12?,13?,15-,20?/m0/s1. The molecule has 3 rings (SSSR count). The van der Waals surface area contributed by atoms with Crippen molar-refractivity contribution in [3.8, 4) is 0 Å². The lowest BCUT2D eigenvalue weighted by Gasteiger charge is -2.58. The summed E-state index contributed by atoms with van der Waals surface area (Å²) in [6.07, 6.45) is 3.67. The van der Waals surface area contributed by atoms with Gasteiger partial charge in [-0.1, -0.05) is 0 Å². The summed E-state index contributed by atoms with van der Waals surface area (Å²) >= 11 is 0. The highest BCUT2D eigenvalue weighted by Gasteiger charge is 2.68. The van der Waals surface area contributed by atoms with E-state index in [1.54, 1.807) is 25.7 Å². The molecule has 8 heteroatoms. The number of ether oxygens (including phenoxy) is 1. The summed E-state index contributed by atoms with van der Waals surface area (Å²) in [4.78, 5) is 41.7. The van der Waals surface area contributed by atoms with E-state index in [1.807, 2.05) is 13.8 Å². The third-order valence-electron chi connectivity index (χ3n) is 6.38. The molecule has 158 valence electrons. The Labute approximate surface area is 166 Å². The number of likely N-dealkylation sites (tertiary alicyclic amines) is 2. The number of nitrogens with zero attached hydrogens (tertiary/aromatic N) is 2. The number of nitrogens with one attached hydrogen (secondary N) is 1. The Hall–Kier alpha value is -1.83. The van der Waals surface area contributed by atoms with Crippen LogP contribution in [0.1, 0.15) is 66.7 Å². The molecule has 2 aliphatic heterocycles. The van der Waals surface area contributed by atoms with Gasteiger partial charge in [-0.3, -0.25) is 14.5 Å². The molecule has 0 bridgehead atoms. The van der Waals surface area contributed by atoms with Gasteiger partial charge in [0.25, 0.3) is 5.91 Å². The Bertz CT molecular complexity index is 657. The van der Waals surface area contributed by atoms with Crippen LogP contribution < -0.4 is 5.32 Å². The van der Waals surface area contributed by atoms with Crippen LogP contribution in [-0.2, 0) is 14.3 Å². The van der Waals surface area contributed by atoms with Crippen molar-refractivity contribution in [2.45, 2.75) is 102 Å². The maximum absolute atomic E-state index is 13.3. The zero-order chi connectivity index (χ0) is 20.9. The summed E-state index contributed by atoms with van der Waals surface area (Å²) in [5, 5.41) is 12.7. The van der Waals surface area contributed by atoms with Crippen LogP contribution in [0.5, 0.6) is 0 Å². The van der Waals surface area contributed by atoms with E-state index in [1.165, 1.54) is 4.90 Å². The van der Waals surface area contributed by atoms with Gasteiger partial charge in [0.05, 0.1) is 12.6 Å². The van der Waals surface area contributed by atoms with Gasteiger partial charge in [-0.25, -0.2) is 4.79 Å². The van der Waals surface area contributed by atoms with Crippen LogP contribution in [-0.4, -0.2) is 74.7 Å². The number of carbonyl (C=O) groups is 3. The number of carbonyl (C=O) groups excluding carboxylic acids is 3. The van der Waals surface area contributed by atoms with Crippen molar-refractivity contribution in [1.82, 2.24) is 15.1 Å². The highest BCUT2D eigenvalue weighted by molar-refractivity contribution is 6.01. The van der Waals surface area contributed by atoms with E-state index in [0.29, 0.717) is 12.8 Å². The number of aliphatic hydroxyl groups is 1. The van der Waals surface area contributed by atoms with Crippen molar-refractivity contribution >= 4 is 17.9 Å². The van der Waals surface area contributed by atoms with E-state index < -0.39 is 29.9 Å². The average molecular weight is 396 g/mol. The van der Waals surface area contributed by atoms with Crippen LogP contribution in [0.25, 0.3) is 0 Å². The maximum atomic E-state index is 13.3. The number of rotatable bonds is 4. The Kier molecular flexibility index (Phi) is 5.38. The molecule has 3 fully saturated rings. The summed E-state index contributed by atoms with van der Waals surface area (Å²) in [7, 11) is 0. The summed E-state index contributed by atoms with van der Waals surface area (Å²) in [5.74, 6) is -0.602. The Balaban J connectivity index is 1.78. The number of hydrogen-bond donors (Lipinski definition) is 2. The lowest BCUT2D eigenvalue weighted by molar-refractivity contribution is -0.181. The fourth-order valence-electron chi connectivity index (χ4n) is 4.65. The first-order valence-electron chi connectivity index (χ1n) is 10.3. The lowest BCUT2D eigenvalue weighted by atomic mass is 9.76. The molecule has 3 amide bonds. The predicted molar refractivity (Wildman–Crippen MR) is 102 cm³/mol. The molecular weight excluding hydrogens is 362 g/mol. The zero-order valence-electron chi connectivity index (χ0n) is 17.5. The minimum Gasteiger partial charge on any atom is -0.444 e. The molecule has 2 N–H and O–H groups in total. The van der Waals surface area contributed by atoms with E-state index in [0.717, 1.165) is 19.3 Å². The molecule has 2 saturated heterocycles. The van der Waals surface area contributed by atoms with E-state index in [4.69, 9.17) is 4.74 Å². The highest BCUT2D eigenvalue weighted by atomic mass is 16.6. The quantitative estimate of drug-likeness (QED) is 0.701. The SMILES string of the molecule is CC1CCC2(C(=O)N([C@@H](CO)C(=O)NC3CCC3)C2C)N1C(=O)OC(C)(C)C. The van der Waals surface area contributed by atoms with Crippen molar-refractivity contribution < 1.29 is 24.2 Å². The normalized spacial score (nSPS) is 31.4. The minimum absolute atomic E-state index is 0.125. The van der Waals surface area contributed by atoms with E-state index >= 15 is 0 Å². The third kappa shape index (κ3) is 3.25. The van der Waals surface area contributed by atoms with Gasteiger partial charge in [-0.15, -0.1) is 0 Å². The summed E-state index contributed by atoms with van der Waals surface area (Å²) < 4.78 is 5.55. The van der Waals surface area contributed by atoms with E-state index in [9.17, 15) is 19.5 Å². The van der Waals surface area contributed by atoms with Gasteiger partial charge in [0.1, 0.15) is 17.2 Å². The van der Waals surface area contributed by atoms with Gasteiger partial charge < -0.3 is 20.1 Å². The van der Waals surface area contributed by atoms with Crippen LogP contribution in [0.2, 0.25) is 0 Å². The smallest absolute Gasteiger partial charge is 0.411 e. The maximum Gasteiger partial charge on any atom is 0.411 e. The average Bonchev–Trinajstić information content (AvgIpc) is 2.93. The first-order valence-corrected chi connectivity index (χ1v) is 10.3.